The van der Waals surface area contributed by atoms with Gasteiger partial charge in [-0.1, -0.05) is 0 Å². The fraction of sp³-hybridized carbons (Fsp3) is 0.500. The lowest BCUT2D eigenvalue weighted by atomic mass is 10.3. The van der Waals surface area contributed by atoms with Gasteiger partial charge in [0.25, 0.3) is 0 Å². The zero-order valence-corrected chi connectivity index (χ0v) is 9.95. The molecule has 1 rings (SSSR count). The van der Waals surface area contributed by atoms with E-state index in [1.807, 2.05) is 0 Å². The first-order valence-corrected chi connectivity index (χ1v) is 5.79. The van der Waals surface area contributed by atoms with Crippen molar-refractivity contribution in [1.82, 2.24) is 5.32 Å². The number of halogens is 4. The van der Waals surface area contributed by atoms with Crippen LogP contribution in [0, 0.1) is 0 Å². The fourth-order valence-electron chi connectivity index (χ4n) is 1.19. The van der Waals surface area contributed by atoms with Crippen molar-refractivity contribution in [2.45, 2.75) is 25.3 Å². The van der Waals surface area contributed by atoms with Crippen molar-refractivity contribution in [3.05, 3.63) is 21.9 Å². The van der Waals surface area contributed by atoms with E-state index in [-0.39, 0.29) is 13.0 Å². The van der Waals surface area contributed by atoms with Crippen LogP contribution in [0.5, 0.6) is 0 Å². The SMILES string of the molecule is O=C(O)Cc1ccc(CNCC(F)(F)C(F)F)s1. The first kappa shape index (κ1) is 14.9. The first-order chi connectivity index (χ1) is 8.31. The number of rotatable bonds is 7. The molecule has 0 aliphatic heterocycles. The minimum Gasteiger partial charge on any atom is -0.481 e. The van der Waals surface area contributed by atoms with Gasteiger partial charge < -0.3 is 10.4 Å². The van der Waals surface area contributed by atoms with Crippen molar-refractivity contribution in [2.24, 2.45) is 0 Å². The monoisotopic (exact) mass is 285 g/mol. The van der Waals surface area contributed by atoms with E-state index in [1.54, 1.807) is 12.1 Å². The van der Waals surface area contributed by atoms with Crippen LogP contribution in [0.15, 0.2) is 12.1 Å². The molecule has 0 aliphatic rings. The predicted molar refractivity (Wildman–Crippen MR) is 58.3 cm³/mol. The summed E-state index contributed by atoms with van der Waals surface area (Å²) in [6.45, 7) is -1.11. The van der Waals surface area contributed by atoms with Gasteiger partial charge in [0.05, 0.1) is 13.0 Å². The summed E-state index contributed by atoms with van der Waals surface area (Å²) in [5.41, 5.74) is 0. The molecule has 18 heavy (non-hydrogen) atoms. The second-order valence-electron chi connectivity index (χ2n) is 3.60. The molecule has 0 bridgehead atoms. The minimum absolute atomic E-state index is 0.00654. The number of nitrogens with one attached hydrogen (secondary N) is 1. The summed E-state index contributed by atoms with van der Waals surface area (Å²) >= 11 is 1.14. The highest BCUT2D eigenvalue weighted by atomic mass is 32.1. The molecule has 0 amide bonds. The number of carbonyl (C=O) groups is 1. The summed E-state index contributed by atoms with van der Waals surface area (Å²) in [6, 6.07) is 3.15. The second-order valence-corrected chi connectivity index (χ2v) is 4.86. The molecule has 0 aliphatic carbocycles. The van der Waals surface area contributed by atoms with Crippen LogP contribution in [0.25, 0.3) is 0 Å². The number of carboxylic acid groups (broad SMARTS) is 1. The number of aliphatic carboxylic acids is 1. The van der Waals surface area contributed by atoms with E-state index in [0.717, 1.165) is 11.3 Å². The Labute approximate surface area is 104 Å². The first-order valence-electron chi connectivity index (χ1n) is 4.97. The number of carboxylic acids is 1. The third-order valence-corrected chi connectivity index (χ3v) is 3.11. The Bertz CT molecular complexity index is 408. The van der Waals surface area contributed by atoms with E-state index in [1.165, 1.54) is 0 Å². The summed E-state index contributed by atoms with van der Waals surface area (Å²) in [5.74, 6) is -5.04. The Kier molecular flexibility index (Phi) is 5.09. The molecule has 0 unspecified atom stereocenters. The van der Waals surface area contributed by atoms with E-state index < -0.39 is 24.9 Å². The van der Waals surface area contributed by atoms with Crippen molar-refractivity contribution in [2.75, 3.05) is 6.54 Å². The van der Waals surface area contributed by atoms with Crippen LogP contribution in [-0.2, 0) is 17.8 Å². The third kappa shape index (κ3) is 4.61. The summed E-state index contributed by atoms with van der Waals surface area (Å²) in [6.07, 6.45) is -3.84. The Hall–Kier alpha value is -1.15. The highest BCUT2D eigenvalue weighted by molar-refractivity contribution is 7.12. The van der Waals surface area contributed by atoms with Gasteiger partial charge >= 0.3 is 18.3 Å². The Morgan fingerprint density at radius 3 is 2.56 bits per heavy atom. The number of hydrogen-bond donors (Lipinski definition) is 2. The van der Waals surface area contributed by atoms with Gasteiger partial charge in [-0.3, -0.25) is 4.79 Å². The van der Waals surface area contributed by atoms with E-state index in [0.29, 0.717) is 9.75 Å². The average molecular weight is 285 g/mol. The van der Waals surface area contributed by atoms with E-state index in [9.17, 15) is 22.4 Å². The second kappa shape index (κ2) is 6.14. The quantitative estimate of drug-likeness (QED) is 0.756. The maximum Gasteiger partial charge on any atom is 0.319 e. The van der Waals surface area contributed by atoms with E-state index >= 15 is 0 Å². The molecule has 8 heteroatoms. The smallest absolute Gasteiger partial charge is 0.319 e. The van der Waals surface area contributed by atoms with Crippen LogP contribution in [-0.4, -0.2) is 30.0 Å². The maximum atomic E-state index is 12.5. The van der Waals surface area contributed by atoms with E-state index in [4.69, 9.17) is 5.11 Å². The van der Waals surface area contributed by atoms with Gasteiger partial charge in [-0.05, 0) is 12.1 Å². The normalized spacial score (nSPS) is 12.1. The zero-order valence-electron chi connectivity index (χ0n) is 9.13. The molecule has 1 aromatic rings. The van der Waals surface area contributed by atoms with Crippen molar-refractivity contribution in [3.8, 4) is 0 Å². The zero-order chi connectivity index (χ0) is 13.8. The molecule has 2 N–H and O–H groups in total. The maximum absolute atomic E-state index is 12.5. The van der Waals surface area contributed by atoms with Gasteiger partial charge in [0.2, 0.25) is 0 Å². The summed E-state index contributed by atoms with van der Waals surface area (Å²) in [5, 5.41) is 10.8. The van der Waals surface area contributed by atoms with Gasteiger partial charge in [0, 0.05) is 16.3 Å². The largest absolute Gasteiger partial charge is 0.481 e. The highest BCUT2D eigenvalue weighted by Crippen LogP contribution is 2.22. The molecule has 3 nitrogen and oxygen atoms in total. The van der Waals surface area contributed by atoms with Crippen LogP contribution in [0.3, 0.4) is 0 Å². The van der Waals surface area contributed by atoms with Crippen molar-refractivity contribution in [3.63, 3.8) is 0 Å². The van der Waals surface area contributed by atoms with Gasteiger partial charge in [0.15, 0.2) is 0 Å². The van der Waals surface area contributed by atoms with Crippen LogP contribution < -0.4 is 5.32 Å². The molecule has 1 heterocycles. The lowest BCUT2D eigenvalue weighted by Gasteiger charge is -2.15. The van der Waals surface area contributed by atoms with Crippen molar-refractivity contribution in [1.29, 1.82) is 0 Å². The van der Waals surface area contributed by atoms with Crippen LogP contribution in [0.4, 0.5) is 17.6 Å². The summed E-state index contributed by atoms with van der Waals surface area (Å²) < 4.78 is 48.7. The van der Waals surface area contributed by atoms with Crippen LogP contribution in [0.1, 0.15) is 9.75 Å². The molecule has 0 atom stereocenters. The third-order valence-electron chi connectivity index (χ3n) is 2.02. The van der Waals surface area contributed by atoms with Crippen molar-refractivity contribution >= 4 is 17.3 Å². The van der Waals surface area contributed by atoms with Gasteiger partial charge in [0.1, 0.15) is 0 Å². The molecule has 0 radical (unpaired) electrons. The molecular weight excluding hydrogens is 274 g/mol. The van der Waals surface area contributed by atoms with Gasteiger partial charge in [-0.25, -0.2) is 8.78 Å². The standard InChI is InChI=1S/C10H11F4NO2S/c11-9(12)10(13,14)5-15-4-7-2-1-6(18-7)3-8(16)17/h1-2,9,15H,3-5H2,(H,16,17). The summed E-state index contributed by atoms with van der Waals surface area (Å²) in [7, 11) is 0. The molecule has 0 saturated carbocycles. The fourth-order valence-corrected chi connectivity index (χ4v) is 2.17. The summed E-state index contributed by atoms with van der Waals surface area (Å²) in [4.78, 5) is 11.6. The predicted octanol–water partition coefficient (Wildman–Crippen LogP) is 2.37. The molecule has 0 aromatic carbocycles. The Morgan fingerprint density at radius 1 is 1.39 bits per heavy atom. The van der Waals surface area contributed by atoms with E-state index in [2.05, 4.69) is 5.32 Å². The molecular formula is C10H11F4NO2S. The number of thiophene rings is 1. The Balaban J connectivity index is 2.40. The molecule has 0 spiro atoms. The minimum atomic E-state index is -4.05. The van der Waals surface area contributed by atoms with Crippen LogP contribution in [0.2, 0.25) is 0 Å². The average Bonchev–Trinajstić information content (AvgIpc) is 2.64. The van der Waals surface area contributed by atoms with Crippen LogP contribution >= 0.6 is 11.3 Å². The lowest BCUT2D eigenvalue weighted by Crippen LogP contribution is -2.38. The highest BCUT2D eigenvalue weighted by Gasteiger charge is 2.39. The Morgan fingerprint density at radius 2 is 2.00 bits per heavy atom. The molecule has 0 fully saturated rings. The molecule has 0 saturated heterocycles. The van der Waals surface area contributed by atoms with Gasteiger partial charge in [-0.2, -0.15) is 8.78 Å². The number of hydrogen-bond acceptors (Lipinski definition) is 3. The number of alkyl halides is 4. The lowest BCUT2D eigenvalue weighted by molar-refractivity contribution is -0.136. The molecule has 1 aromatic heterocycles. The van der Waals surface area contributed by atoms with Crippen molar-refractivity contribution < 1.29 is 27.5 Å². The topological polar surface area (TPSA) is 49.3 Å². The van der Waals surface area contributed by atoms with Gasteiger partial charge in [-0.15, -0.1) is 11.3 Å². The molecule has 102 valence electrons.